The first-order valence-corrected chi connectivity index (χ1v) is 14.0. The summed E-state index contributed by atoms with van der Waals surface area (Å²) in [6, 6.07) is 4.70. The van der Waals surface area contributed by atoms with Crippen LogP contribution in [0.25, 0.3) is 0 Å². The molecule has 1 saturated carbocycles. The van der Waals surface area contributed by atoms with Crippen LogP contribution in [0.5, 0.6) is 5.75 Å². The van der Waals surface area contributed by atoms with Gasteiger partial charge >= 0.3 is 0 Å². The Morgan fingerprint density at radius 1 is 0.974 bits per heavy atom. The van der Waals surface area contributed by atoms with E-state index in [0.29, 0.717) is 37.7 Å². The number of hydrogen-bond acceptors (Lipinski definition) is 7. The number of ketones is 1. The molecule has 1 aliphatic carbocycles. The van der Waals surface area contributed by atoms with Gasteiger partial charge < -0.3 is 30.2 Å². The normalized spacial score (nSPS) is 24.8. The minimum absolute atomic E-state index is 0.130. The summed E-state index contributed by atoms with van der Waals surface area (Å²) < 4.78 is 16.0. The maximum Gasteiger partial charge on any atom is 0.249 e. The molecule has 0 spiro atoms. The van der Waals surface area contributed by atoms with Crippen LogP contribution in [-0.2, 0) is 35.1 Å². The van der Waals surface area contributed by atoms with E-state index in [1.165, 1.54) is 0 Å². The third-order valence-corrected chi connectivity index (χ3v) is 7.98. The fraction of sp³-hybridized carbons (Fsp3) is 0.655. The summed E-state index contributed by atoms with van der Waals surface area (Å²) in [5.41, 5.74) is -0.0599. The minimum atomic E-state index is -0.959. The van der Waals surface area contributed by atoms with E-state index in [9.17, 15) is 19.2 Å². The molecule has 3 fully saturated rings. The van der Waals surface area contributed by atoms with Gasteiger partial charge in [-0.2, -0.15) is 0 Å². The lowest BCUT2D eigenvalue weighted by molar-refractivity contribution is -0.136. The number of ether oxygens (including phenoxy) is 3. The van der Waals surface area contributed by atoms with E-state index in [0.717, 1.165) is 37.7 Å². The van der Waals surface area contributed by atoms with Gasteiger partial charge in [0.1, 0.15) is 29.5 Å². The number of Topliss-reactive ketones (excluding diaryl/α,β-unsaturated/α-hetero) is 1. The molecule has 0 unspecified atom stereocenters. The number of nitrogens with one attached hydrogen (secondary N) is 3. The first-order valence-electron chi connectivity index (χ1n) is 14.0. The Balaban J connectivity index is 1.46. The Kier molecular flexibility index (Phi) is 9.61. The molecule has 0 bridgehead atoms. The zero-order valence-electron chi connectivity index (χ0n) is 23.1. The summed E-state index contributed by atoms with van der Waals surface area (Å²) in [6.45, 7) is 4.19. The number of carbonyl (C=O) groups excluding carboxylic acids is 4. The number of benzene rings is 1. The summed E-state index contributed by atoms with van der Waals surface area (Å²) >= 11 is 0. The molecule has 3 aliphatic rings. The zero-order valence-corrected chi connectivity index (χ0v) is 23.1. The van der Waals surface area contributed by atoms with Crippen molar-refractivity contribution in [1.29, 1.82) is 0 Å². The second kappa shape index (κ2) is 12.9. The van der Waals surface area contributed by atoms with Gasteiger partial charge in [-0.15, -0.1) is 0 Å². The van der Waals surface area contributed by atoms with Crippen LogP contribution in [0, 0.1) is 5.92 Å². The number of hydrogen-bond donors (Lipinski definition) is 3. The maximum absolute atomic E-state index is 13.6. The summed E-state index contributed by atoms with van der Waals surface area (Å²) in [4.78, 5) is 52.5. The second-order valence-corrected chi connectivity index (χ2v) is 11.2. The molecule has 1 aromatic rings. The molecule has 1 aromatic carbocycles. The summed E-state index contributed by atoms with van der Waals surface area (Å²) in [6.07, 6.45) is 5.92. The quantitative estimate of drug-likeness (QED) is 0.323. The van der Waals surface area contributed by atoms with Gasteiger partial charge in [-0.3, -0.25) is 19.2 Å². The third-order valence-electron chi connectivity index (χ3n) is 7.98. The number of epoxide rings is 1. The molecule has 0 radical (unpaired) electrons. The van der Waals surface area contributed by atoms with E-state index in [4.69, 9.17) is 14.2 Å². The third kappa shape index (κ3) is 7.79. The monoisotopic (exact) mass is 543 g/mol. The van der Waals surface area contributed by atoms with E-state index in [1.54, 1.807) is 33.1 Å². The van der Waals surface area contributed by atoms with E-state index in [2.05, 4.69) is 16.0 Å². The van der Waals surface area contributed by atoms with Gasteiger partial charge in [-0.1, -0.05) is 37.8 Å². The molecule has 0 aromatic heterocycles. The van der Waals surface area contributed by atoms with Gasteiger partial charge in [0.15, 0.2) is 5.78 Å². The standard InChI is InChI=1S/C29H41N3O7/c1-18(30-28(36)24-9-6-14-38-24)26(34)32-23(16-20-10-12-21(37-3)13-11-20)27(35)31-22(15-19-7-4-5-8-19)25(33)29(2)17-39-29/h10-13,18-19,22-24H,4-9,14-17H2,1-3H3,(H,30,36)(H,31,35)(H,32,34)/t18-,22+,23+,24-,29-/m1/s1. The predicted octanol–water partition coefficient (Wildman–Crippen LogP) is 1.83. The van der Waals surface area contributed by atoms with Crippen LogP contribution in [0.15, 0.2) is 24.3 Å². The Morgan fingerprint density at radius 2 is 1.64 bits per heavy atom. The Bertz CT molecular complexity index is 1030. The average molecular weight is 544 g/mol. The van der Waals surface area contributed by atoms with Crippen molar-refractivity contribution in [3.05, 3.63) is 29.8 Å². The van der Waals surface area contributed by atoms with Gasteiger partial charge in [0.25, 0.3) is 0 Å². The largest absolute Gasteiger partial charge is 0.497 e. The lowest BCUT2D eigenvalue weighted by Crippen LogP contribution is -2.57. The lowest BCUT2D eigenvalue weighted by Gasteiger charge is -2.26. The molecule has 4 rings (SSSR count). The van der Waals surface area contributed by atoms with Crippen molar-refractivity contribution >= 4 is 23.5 Å². The first kappa shape index (κ1) is 29.0. The number of amides is 3. The summed E-state index contributed by atoms with van der Waals surface area (Å²) in [7, 11) is 1.57. The first-order chi connectivity index (χ1) is 18.7. The highest BCUT2D eigenvalue weighted by atomic mass is 16.6. The molecule has 39 heavy (non-hydrogen) atoms. The van der Waals surface area contributed by atoms with Crippen LogP contribution in [0.2, 0.25) is 0 Å². The van der Waals surface area contributed by atoms with Crippen LogP contribution in [-0.4, -0.2) is 73.7 Å². The molecule has 214 valence electrons. The Hall–Kier alpha value is -2.98. The molecule has 10 nitrogen and oxygen atoms in total. The molecular weight excluding hydrogens is 502 g/mol. The van der Waals surface area contributed by atoms with Crippen molar-refractivity contribution in [1.82, 2.24) is 16.0 Å². The van der Waals surface area contributed by atoms with Crippen molar-refractivity contribution in [3.63, 3.8) is 0 Å². The van der Waals surface area contributed by atoms with Crippen molar-refractivity contribution in [3.8, 4) is 5.75 Å². The lowest BCUT2D eigenvalue weighted by atomic mass is 9.90. The summed E-state index contributed by atoms with van der Waals surface area (Å²) in [5, 5.41) is 8.43. The molecule has 3 amide bonds. The zero-order chi connectivity index (χ0) is 28.0. The van der Waals surface area contributed by atoms with Gasteiger partial charge in [0, 0.05) is 13.0 Å². The molecule has 2 aliphatic heterocycles. The molecule has 5 atom stereocenters. The minimum Gasteiger partial charge on any atom is -0.497 e. The van der Waals surface area contributed by atoms with Crippen molar-refractivity contribution in [2.24, 2.45) is 5.92 Å². The van der Waals surface area contributed by atoms with Crippen molar-refractivity contribution in [2.75, 3.05) is 20.3 Å². The molecular formula is C29H41N3O7. The highest BCUT2D eigenvalue weighted by Gasteiger charge is 2.50. The van der Waals surface area contributed by atoms with Crippen LogP contribution in [0.3, 0.4) is 0 Å². The highest BCUT2D eigenvalue weighted by Crippen LogP contribution is 2.33. The van der Waals surface area contributed by atoms with Crippen molar-refractivity contribution in [2.45, 2.75) is 95.0 Å². The maximum atomic E-state index is 13.6. The van der Waals surface area contributed by atoms with Crippen LogP contribution in [0.1, 0.15) is 64.4 Å². The topological polar surface area (TPSA) is 135 Å². The number of carbonyl (C=O) groups is 4. The molecule has 3 N–H and O–H groups in total. The van der Waals surface area contributed by atoms with Crippen molar-refractivity contribution < 1.29 is 33.4 Å². The van der Waals surface area contributed by atoms with E-state index in [1.807, 2.05) is 12.1 Å². The highest BCUT2D eigenvalue weighted by molar-refractivity contribution is 5.98. The number of rotatable bonds is 13. The van der Waals surface area contributed by atoms with Gasteiger partial charge in [-0.05, 0) is 56.7 Å². The SMILES string of the molecule is COc1ccc(C[C@H](NC(=O)[C@@H](C)NC(=O)[C@H]2CCCO2)C(=O)N[C@@H](CC2CCCC2)C(=O)[C@@]2(C)CO2)cc1. The van der Waals surface area contributed by atoms with Crippen LogP contribution in [0.4, 0.5) is 0 Å². The molecule has 2 heterocycles. The van der Waals surface area contributed by atoms with E-state index < -0.39 is 41.6 Å². The van der Waals surface area contributed by atoms with E-state index in [-0.39, 0.29) is 18.1 Å². The fourth-order valence-corrected chi connectivity index (χ4v) is 5.36. The Morgan fingerprint density at radius 3 is 2.23 bits per heavy atom. The predicted molar refractivity (Wildman–Crippen MR) is 143 cm³/mol. The summed E-state index contributed by atoms with van der Waals surface area (Å²) in [5.74, 6) is -0.373. The van der Waals surface area contributed by atoms with Gasteiger partial charge in [0.05, 0.1) is 19.8 Å². The Labute approximate surface area is 229 Å². The smallest absolute Gasteiger partial charge is 0.249 e. The van der Waals surface area contributed by atoms with Gasteiger partial charge in [-0.25, -0.2) is 0 Å². The average Bonchev–Trinajstić information content (AvgIpc) is 3.32. The number of methoxy groups -OCH3 is 1. The van der Waals surface area contributed by atoms with Gasteiger partial charge in [0.2, 0.25) is 17.7 Å². The van der Waals surface area contributed by atoms with Crippen LogP contribution >= 0.6 is 0 Å². The van der Waals surface area contributed by atoms with E-state index >= 15 is 0 Å². The second-order valence-electron chi connectivity index (χ2n) is 11.2. The fourth-order valence-electron chi connectivity index (χ4n) is 5.36. The molecule has 10 heteroatoms. The molecule has 2 saturated heterocycles. The van der Waals surface area contributed by atoms with Crippen LogP contribution < -0.4 is 20.7 Å².